The predicted molar refractivity (Wildman–Crippen MR) is 112 cm³/mol. The predicted octanol–water partition coefficient (Wildman–Crippen LogP) is 2.31. The van der Waals surface area contributed by atoms with Crippen LogP contribution in [0.1, 0.15) is 11.5 Å². The first-order chi connectivity index (χ1) is 15.5. The molecule has 2 aromatic rings. The average Bonchev–Trinajstić information content (AvgIpc) is 3.30. The molecule has 0 amide bonds. The summed E-state index contributed by atoms with van der Waals surface area (Å²) in [6.45, 7) is 0.0570. The highest BCUT2D eigenvalue weighted by molar-refractivity contribution is 6.06. The van der Waals surface area contributed by atoms with E-state index in [4.69, 9.17) is 24.7 Å². The van der Waals surface area contributed by atoms with Gasteiger partial charge in [0.25, 0.3) is 0 Å². The molecule has 2 aliphatic heterocycles. The molecule has 162 valence electrons. The third-order valence-electron chi connectivity index (χ3n) is 5.22. The van der Waals surface area contributed by atoms with Gasteiger partial charge >= 0.3 is 11.9 Å². The number of rotatable bonds is 4. The highest BCUT2D eigenvalue weighted by atomic mass is 16.7. The van der Waals surface area contributed by atoms with Crippen LogP contribution in [0.5, 0.6) is 11.5 Å². The number of allylic oxidation sites excluding steroid dienone is 1. The van der Waals surface area contributed by atoms with Crippen LogP contribution in [0.25, 0.3) is 0 Å². The number of carbonyl (C=O) groups excluding carboxylic acids is 2. The minimum absolute atomic E-state index is 0.00517. The summed E-state index contributed by atoms with van der Waals surface area (Å²) in [5, 5.41) is 10.0. The summed E-state index contributed by atoms with van der Waals surface area (Å²) < 4.78 is 20.8. The van der Waals surface area contributed by atoms with E-state index in [-0.39, 0.29) is 29.5 Å². The van der Waals surface area contributed by atoms with Gasteiger partial charge in [-0.2, -0.15) is 5.26 Å². The Labute approximate surface area is 183 Å². The number of nitriles is 1. The molecule has 0 bridgehead atoms. The van der Waals surface area contributed by atoms with E-state index in [0.29, 0.717) is 22.7 Å². The number of esters is 2. The summed E-state index contributed by atoms with van der Waals surface area (Å²) in [6, 6.07) is 15.8. The largest absolute Gasteiger partial charge is 0.466 e. The molecule has 0 radical (unpaired) electrons. The maximum Gasteiger partial charge on any atom is 0.355 e. The summed E-state index contributed by atoms with van der Waals surface area (Å²) in [5.41, 5.74) is 7.26. The fourth-order valence-corrected chi connectivity index (χ4v) is 3.81. The van der Waals surface area contributed by atoms with Crippen molar-refractivity contribution >= 4 is 17.6 Å². The Morgan fingerprint density at radius 3 is 2.41 bits per heavy atom. The number of hydrogen-bond acceptors (Lipinski definition) is 9. The van der Waals surface area contributed by atoms with E-state index >= 15 is 0 Å². The lowest BCUT2D eigenvalue weighted by atomic mass is 9.80. The molecule has 0 fully saturated rings. The molecule has 2 aromatic carbocycles. The number of methoxy groups -OCH3 is 2. The minimum atomic E-state index is -0.990. The number of nitrogens with zero attached hydrogens (tertiary/aromatic N) is 2. The number of para-hydroxylation sites is 1. The van der Waals surface area contributed by atoms with E-state index in [9.17, 15) is 14.9 Å². The second-order valence-corrected chi connectivity index (χ2v) is 6.87. The zero-order chi connectivity index (χ0) is 22.8. The SMILES string of the molecule is COC(=O)C1=C(C(=O)OC)N(c2ccccc2)C(N)=C(C#N)[C@H]1c1ccc2c(c1)OCO2. The van der Waals surface area contributed by atoms with Crippen LogP contribution < -0.4 is 20.1 Å². The van der Waals surface area contributed by atoms with Crippen molar-refractivity contribution in [3.8, 4) is 17.6 Å². The zero-order valence-corrected chi connectivity index (χ0v) is 17.3. The van der Waals surface area contributed by atoms with Crippen LogP contribution in [0.2, 0.25) is 0 Å². The van der Waals surface area contributed by atoms with Gasteiger partial charge in [0.2, 0.25) is 6.79 Å². The summed E-state index contributed by atoms with van der Waals surface area (Å²) in [7, 11) is 2.39. The Kier molecular flexibility index (Phi) is 5.43. The van der Waals surface area contributed by atoms with E-state index < -0.39 is 17.9 Å². The topological polar surface area (TPSA) is 124 Å². The summed E-state index contributed by atoms with van der Waals surface area (Å²) in [4.78, 5) is 27.3. The molecule has 0 saturated heterocycles. The lowest BCUT2D eigenvalue weighted by Crippen LogP contribution is -2.40. The van der Waals surface area contributed by atoms with Gasteiger partial charge in [0.1, 0.15) is 11.5 Å². The average molecular weight is 433 g/mol. The molecule has 0 unspecified atom stereocenters. The molecule has 32 heavy (non-hydrogen) atoms. The van der Waals surface area contributed by atoms with Gasteiger partial charge in [-0.25, -0.2) is 9.59 Å². The van der Waals surface area contributed by atoms with Crippen LogP contribution in [-0.4, -0.2) is 33.0 Å². The molecular weight excluding hydrogens is 414 g/mol. The number of carbonyl (C=O) groups is 2. The van der Waals surface area contributed by atoms with E-state index in [1.807, 2.05) is 0 Å². The summed E-state index contributed by atoms with van der Waals surface area (Å²) in [5.74, 6) is -1.62. The molecule has 2 heterocycles. The highest BCUT2D eigenvalue weighted by Crippen LogP contribution is 2.45. The molecule has 0 spiro atoms. The third kappa shape index (κ3) is 3.28. The van der Waals surface area contributed by atoms with Crippen molar-refractivity contribution in [1.82, 2.24) is 0 Å². The molecular formula is C23H19N3O6. The number of benzene rings is 2. The van der Waals surface area contributed by atoms with Crippen LogP contribution in [0, 0.1) is 11.3 Å². The fraction of sp³-hybridized carbons (Fsp3) is 0.174. The summed E-state index contributed by atoms with van der Waals surface area (Å²) >= 11 is 0. The van der Waals surface area contributed by atoms with Crippen LogP contribution in [0.3, 0.4) is 0 Å². The second kappa shape index (κ2) is 8.35. The van der Waals surface area contributed by atoms with Gasteiger partial charge in [0.05, 0.1) is 37.4 Å². The molecule has 1 atom stereocenters. The number of fused-ring (bicyclic) bond motifs is 1. The van der Waals surface area contributed by atoms with Crippen LogP contribution >= 0.6 is 0 Å². The van der Waals surface area contributed by atoms with E-state index in [2.05, 4.69) is 6.07 Å². The van der Waals surface area contributed by atoms with Gasteiger partial charge in [-0.3, -0.25) is 4.90 Å². The van der Waals surface area contributed by atoms with Crippen molar-refractivity contribution < 1.29 is 28.5 Å². The van der Waals surface area contributed by atoms with Gasteiger partial charge in [-0.1, -0.05) is 24.3 Å². The molecule has 2 aliphatic rings. The Balaban J connectivity index is 2.03. The quantitative estimate of drug-likeness (QED) is 0.723. The molecule has 0 saturated carbocycles. The number of nitrogens with two attached hydrogens (primary N) is 1. The van der Waals surface area contributed by atoms with Crippen LogP contribution in [-0.2, 0) is 19.1 Å². The molecule has 0 aliphatic carbocycles. The van der Waals surface area contributed by atoms with Crippen molar-refractivity contribution in [2.24, 2.45) is 5.73 Å². The van der Waals surface area contributed by atoms with E-state index in [0.717, 1.165) is 0 Å². The Bertz CT molecular complexity index is 1200. The smallest absolute Gasteiger partial charge is 0.355 e. The first-order valence-electron chi connectivity index (χ1n) is 9.57. The second-order valence-electron chi connectivity index (χ2n) is 6.87. The normalized spacial score (nSPS) is 17.2. The van der Waals surface area contributed by atoms with Crippen molar-refractivity contribution in [2.45, 2.75) is 5.92 Å². The van der Waals surface area contributed by atoms with Crippen molar-refractivity contribution in [3.05, 3.63) is 76.8 Å². The molecule has 4 rings (SSSR count). The van der Waals surface area contributed by atoms with Gasteiger partial charge in [-0.15, -0.1) is 0 Å². The monoisotopic (exact) mass is 433 g/mol. The van der Waals surface area contributed by atoms with Crippen LogP contribution in [0.15, 0.2) is 71.2 Å². The maximum atomic E-state index is 13.0. The van der Waals surface area contributed by atoms with E-state index in [1.165, 1.54) is 19.1 Å². The fourth-order valence-electron chi connectivity index (χ4n) is 3.81. The lowest BCUT2D eigenvalue weighted by molar-refractivity contribution is -0.139. The maximum absolute atomic E-state index is 13.0. The van der Waals surface area contributed by atoms with Gasteiger partial charge < -0.3 is 24.7 Å². The number of hydrogen-bond donors (Lipinski definition) is 1. The van der Waals surface area contributed by atoms with E-state index in [1.54, 1.807) is 48.5 Å². The van der Waals surface area contributed by atoms with Gasteiger partial charge in [-0.05, 0) is 29.8 Å². The number of ether oxygens (including phenoxy) is 4. The van der Waals surface area contributed by atoms with Crippen molar-refractivity contribution in [1.29, 1.82) is 5.26 Å². The lowest BCUT2D eigenvalue weighted by Gasteiger charge is -2.35. The zero-order valence-electron chi connectivity index (χ0n) is 17.3. The van der Waals surface area contributed by atoms with Crippen LogP contribution in [0.4, 0.5) is 5.69 Å². The Hall–Kier alpha value is -4.45. The van der Waals surface area contributed by atoms with Crippen molar-refractivity contribution in [3.63, 3.8) is 0 Å². The molecule has 9 nitrogen and oxygen atoms in total. The highest BCUT2D eigenvalue weighted by Gasteiger charge is 2.43. The molecule has 2 N–H and O–H groups in total. The molecule has 0 aromatic heterocycles. The third-order valence-corrected chi connectivity index (χ3v) is 5.22. The minimum Gasteiger partial charge on any atom is -0.466 e. The first kappa shape index (κ1) is 20.8. The first-order valence-corrected chi connectivity index (χ1v) is 9.57. The Morgan fingerprint density at radius 1 is 1.06 bits per heavy atom. The van der Waals surface area contributed by atoms with Gasteiger partial charge in [0.15, 0.2) is 11.5 Å². The van der Waals surface area contributed by atoms with Crippen molar-refractivity contribution in [2.75, 3.05) is 25.9 Å². The summed E-state index contributed by atoms with van der Waals surface area (Å²) in [6.07, 6.45) is 0. The van der Waals surface area contributed by atoms with Gasteiger partial charge in [0, 0.05) is 5.69 Å². The standard InChI is InChI=1S/C23H19N3O6/c1-29-22(27)19-18(13-8-9-16-17(10-13)32-12-31-16)15(11-24)21(25)26(20(19)23(28)30-2)14-6-4-3-5-7-14/h3-10,18H,12,25H2,1-2H3/t18-/m1/s1. The molecule has 9 heteroatoms. The number of anilines is 1. The Morgan fingerprint density at radius 2 is 1.75 bits per heavy atom.